The minimum Gasteiger partial charge on any atom is -0.494 e. The third-order valence-corrected chi connectivity index (χ3v) is 4.66. The number of carbonyl (C=O) groups excluding carboxylic acids is 1. The molecule has 1 saturated heterocycles. The Hall–Kier alpha value is -1.42. The molecule has 21 heavy (non-hydrogen) atoms. The van der Waals surface area contributed by atoms with Crippen LogP contribution < -0.4 is 4.74 Å². The molecule has 0 aliphatic carbocycles. The average Bonchev–Trinajstić information content (AvgIpc) is 2.48. The number of benzene rings is 1. The Balaban J connectivity index is 1.82. The smallest absolute Gasteiger partial charge is 0.139 e. The zero-order valence-corrected chi connectivity index (χ0v) is 12.5. The van der Waals surface area contributed by atoms with Crippen molar-refractivity contribution in [3.05, 3.63) is 29.3 Å². The molecule has 1 aromatic carbocycles. The second kappa shape index (κ2) is 6.14. The zero-order valence-electron chi connectivity index (χ0n) is 12.5. The van der Waals surface area contributed by atoms with Gasteiger partial charge in [0.1, 0.15) is 11.5 Å². The number of rotatable bonds is 4. The van der Waals surface area contributed by atoms with Crippen LogP contribution in [0.4, 0.5) is 4.39 Å². The van der Waals surface area contributed by atoms with Crippen LogP contribution in [0.1, 0.15) is 36.9 Å². The van der Waals surface area contributed by atoms with E-state index in [1.54, 1.807) is 0 Å². The lowest BCUT2D eigenvalue weighted by molar-refractivity contribution is -0.129. The first kappa shape index (κ1) is 14.5. The summed E-state index contributed by atoms with van der Waals surface area (Å²) in [4.78, 5) is 14.6. The van der Waals surface area contributed by atoms with Crippen molar-refractivity contribution in [2.24, 2.45) is 5.92 Å². The highest BCUT2D eigenvalue weighted by Gasteiger charge is 2.37. The number of hydrogen-bond donors (Lipinski definition) is 0. The zero-order chi connectivity index (χ0) is 14.8. The minimum absolute atomic E-state index is 0.115. The Labute approximate surface area is 125 Å². The first-order valence-corrected chi connectivity index (χ1v) is 7.81. The van der Waals surface area contributed by atoms with Crippen LogP contribution in [0.3, 0.4) is 0 Å². The molecule has 2 atom stereocenters. The van der Waals surface area contributed by atoms with Gasteiger partial charge >= 0.3 is 0 Å². The van der Waals surface area contributed by atoms with E-state index in [1.165, 1.54) is 11.1 Å². The molecule has 0 bridgehead atoms. The Morgan fingerprint density at radius 1 is 1.43 bits per heavy atom. The Morgan fingerprint density at radius 2 is 2.29 bits per heavy atom. The fourth-order valence-corrected chi connectivity index (χ4v) is 3.58. The summed E-state index contributed by atoms with van der Waals surface area (Å²) in [5.41, 5.74) is 2.54. The Bertz CT molecular complexity index is 532. The first-order chi connectivity index (χ1) is 10.2. The lowest BCUT2D eigenvalue weighted by Gasteiger charge is -2.42. The number of halogens is 1. The Kier molecular flexibility index (Phi) is 4.24. The van der Waals surface area contributed by atoms with Crippen LogP contribution in [0.15, 0.2) is 18.2 Å². The van der Waals surface area contributed by atoms with E-state index in [1.807, 2.05) is 13.0 Å². The number of nitrogens with zero attached hydrogens (tertiary/aromatic N) is 1. The molecule has 0 spiro atoms. The van der Waals surface area contributed by atoms with Crippen molar-refractivity contribution in [2.75, 3.05) is 26.4 Å². The molecule has 0 unspecified atom stereocenters. The predicted molar refractivity (Wildman–Crippen MR) is 79.3 cm³/mol. The van der Waals surface area contributed by atoms with Crippen LogP contribution >= 0.6 is 0 Å². The molecule has 3 nitrogen and oxygen atoms in total. The third-order valence-electron chi connectivity index (χ3n) is 4.66. The molecule has 0 amide bonds. The molecule has 0 saturated carbocycles. The SMILES string of the molecule is CCOc1ccc2c(c1)CCN1C[C@@H](CC[19F])C(=O)C[C@H]21. The van der Waals surface area contributed by atoms with Crippen LogP contribution in [-0.2, 0) is 11.2 Å². The van der Waals surface area contributed by atoms with Crippen LogP contribution in [0.25, 0.3) is 0 Å². The molecule has 2 aliphatic heterocycles. The number of alkyl halides is 1. The van der Waals surface area contributed by atoms with Gasteiger partial charge in [0, 0.05) is 31.5 Å². The summed E-state index contributed by atoms with van der Waals surface area (Å²) in [6.07, 6.45) is 1.87. The van der Waals surface area contributed by atoms with Gasteiger partial charge in [-0.25, -0.2) is 0 Å². The van der Waals surface area contributed by atoms with E-state index in [0.29, 0.717) is 26.0 Å². The third kappa shape index (κ3) is 2.82. The lowest BCUT2D eigenvalue weighted by Crippen LogP contribution is -2.46. The van der Waals surface area contributed by atoms with Gasteiger partial charge in [-0.05, 0) is 43.0 Å². The second-order valence-corrected chi connectivity index (χ2v) is 5.90. The van der Waals surface area contributed by atoms with Gasteiger partial charge in [-0.15, -0.1) is 0 Å². The van der Waals surface area contributed by atoms with Gasteiger partial charge < -0.3 is 4.74 Å². The summed E-state index contributed by atoms with van der Waals surface area (Å²) in [5, 5.41) is 0. The molecule has 1 fully saturated rings. The van der Waals surface area contributed by atoms with Crippen molar-refractivity contribution in [2.45, 2.75) is 32.2 Å². The van der Waals surface area contributed by atoms with E-state index < -0.39 is 6.67 Å². The summed E-state index contributed by atoms with van der Waals surface area (Å²) in [6.45, 7) is 3.90. The molecule has 0 aromatic heterocycles. The standard InChI is InChI=1S/C17H22FNO2/c1-2-21-14-3-4-15-12(9-14)6-8-19-11-13(5-7-18)17(20)10-16(15)19/h3-4,9,13,16H,2,5-8,10-11H2,1H3/t13-,16-/m1/s1/i18+0. The van der Waals surface area contributed by atoms with Crippen LogP contribution in [0.2, 0.25) is 0 Å². The van der Waals surface area contributed by atoms with Crippen LogP contribution in [0, 0.1) is 5.92 Å². The molecule has 114 valence electrons. The van der Waals surface area contributed by atoms with Gasteiger partial charge in [-0.2, -0.15) is 0 Å². The lowest BCUT2D eigenvalue weighted by atomic mass is 9.82. The molecule has 3 rings (SSSR count). The quantitative estimate of drug-likeness (QED) is 0.854. The molecule has 2 heterocycles. The van der Waals surface area contributed by atoms with Crippen molar-refractivity contribution < 1.29 is 13.9 Å². The summed E-state index contributed by atoms with van der Waals surface area (Å²) >= 11 is 0. The number of ketones is 1. The summed E-state index contributed by atoms with van der Waals surface area (Å²) in [5.74, 6) is 1.01. The van der Waals surface area contributed by atoms with Crippen LogP contribution in [0.5, 0.6) is 5.75 Å². The molecule has 4 heteroatoms. The van der Waals surface area contributed by atoms with E-state index in [2.05, 4.69) is 17.0 Å². The Morgan fingerprint density at radius 3 is 3.05 bits per heavy atom. The second-order valence-electron chi connectivity index (χ2n) is 5.90. The maximum Gasteiger partial charge on any atom is 0.139 e. The molecular formula is C17H22FNO2. The monoisotopic (exact) mass is 291 g/mol. The highest BCUT2D eigenvalue weighted by Crippen LogP contribution is 2.38. The number of Topliss-reactive ketones (excluding diaryl/α,β-unsaturated/α-hetero) is 1. The van der Waals surface area contributed by atoms with E-state index in [4.69, 9.17) is 4.74 Å². The van der Waals surface area contributed by atoms with Crippen molar-refractivity contribution in [1.29, 1.82) is 0 Å². The highest BCUT2D eigenvalue weighted by molar-refractivity contribution is 5.83. The van der Waals surface area contributed by atoms with Gasteiger partial charge in [0.2, 0.25) is 0 Å². The number of hydrogen-bond acceptors (Lipinski definition) is 3. The normalized spacial score (nSPS) is 25.3. The molecular weight excluding hydrogens is 269 g/mol. The van der Waals surface area contributed by atoms with Crippen molar-refractivity contribution >= 4 is 5.78 Å². The van der Waals surface area contributed by atoms with Crippen molar-refractivity contribution in [3.63, 3.8) is 0 Å². The largest absolute Gasteiger partial charge is 0.494 e. The van der Waals surface area contributed by atoms with E-state index in [-0.39, 0.29) is 17.7 Å². The molecule has 0 N–H and O–H groups in total. The summed E-state index contributed by atoms with van der Waals surface area (Å²) < 4.78 is 18.1. The van der Waals surface area contributed by atoms with Crippen molar-refractivity contribution in [1.82, 2.24) is 4.90 Å². The number of fused-ring (bicyclic) bond motifs is 3. The fraction of sp³-hybridized carbons (Fsp3) is 0.588. The molecule has 1 aromatic rings. The maximum absolute atomic E-state index is 12.5. The van der Waals surface area contributed by atoms with Gasteiger partial charge in [-0.1, -0.05) is 6.07 Å². The van der Waals surface area contributed by atoms with Gasteiger partial charge in [0.05, 0.1) is 13.3 Å². The maximum atomic E-state index is 12.5. The van der Waals surface area contributed by atoms with Crippen LogP contribution in [-0.4, -0.2) is 37.1 Å². The number of carbonyl (C=O) groups is 1. The summed E-state index contributed by atoms with van der Waals surface area (Å²) in [6, 6.07) is 6.37. The number of ether oxygens (including phenoxy) is 1. The van der Waals surface area contributed by atoms with Gasteiger partial charge in [0.15, 0.2) is 0 Å². The van der Waals surface area contributed by atoms with E-state index in [9.17, 15) is 9.18 Å². The minimum atomic E-state index is -0.400. The van der Waals surface area contributed by atoms with E-state index in [0.717, 1.165) is 18.7 Å². The fourth-order valence-electron chi connectivity index (χ4n) is 3.58. The molecule has 0 radical (unpaired) electrons. The van der Waals surface area contributed by atoms with Gasteiger partial charge in [-0.3, -0.25) is 14.1 Å². The molecule has 2 aliphatic rings. The predicted octanol–water partition coefficient (Wildman–Crippen LogP) is 2.93. The highest BCUT2D eigenvalue weighted by atomic mass is 19.1. The topological polar surface area (TPSA) is 29.5 Å². The van der Waals surface area contributed by atoms with Gasteiger partial charge in [0.25, 0.3) is 0 Å². The van der Waals surface area contributed by atoms with E-state index >= 15 is 0 Å². The summed E-state index contributed by atoms with van der Waals surface area (Å²) in [7, 11) is 0. The first-order valence-electron chi connectivity index (χ1n) is 7.81. The average molecular weight is 291 g/mol. The number of piperidine rings is 1. The van der Waals surface area contributed by atoms with Crippen molar-refractivity contribution in [3.8, 4) is 5.75 Å².